The van der Waals surface area contributed by atoms with Crippen LogP contribution in [0, 0.1) is 0 Å². The first kappa shape index (κ1) is 14.7. The Morgan fingerprint density at radius 2 is 1.94 bits per heavy atom. The second kappa shape index (κ2) is 7.09. The predicted molar refractivity (Wildman–Crippen MR) is 58.6 cm³/mol. The number of aliphatic imine (C=N–C) groups is 1. The molecule has 0 atom stereocenters. The smallest absolute Gasteiger partial charge is 0.416 e. The molecule has 0 saturated carbocycles. The standard InChI is InChI=1S/C11H16F3NO/c1-4-7-9(11(12,13)14)8-10(15-5-2)16-6-3/h4,7-8H,5-6H2,1-3H3/b7-4+,9-8+,15-10+. The van der Waals surface area contributed by atoms with Crippen molar-refractivity contribution in [2.75, 3.05) is 13.2 Å². The molecular weight excluding hydrogens is 219 g/mol. The van der Waals surface area contributed by atoms with Crippen molar-refractivity contribution in [3.63, 3.8) is 0 Å². The van der Waals surface area contributed by atoms with E-state index in [0.717, 1.165) is 12.2 Å². The van der Waals surface area contributed by atoms with Crippen molar-refractivity contribution in [2.45, 2.75) is 26.9 Å². The Morgan fingerprint density at radius 3 is 2.31 bits per heavy atom. The van der Waals surface area contributed by atoms with E-state index >= 15 is 0 Å². The maximum Gasteiger partial charge on any atom is 0.416 e. The fourth-order valence-corrected chi connectivity index (χ4v) is 0.974. The van der Waals surface area contributed by atoms with E-state index < -0.39 is 11.7 Å². The summed E-state index contributed by atoms with van der Waals surface area (Å²) in [4.78, 5) is 3.83. The lowest BCUT2D eigenvalue weighted by atomic mass is 10.2. The lowest BCUT2D eigenvalue weighted by molar-refractivity contribution is -0.0881. The molecule has 0 saturated heterocycles. The van der Waals surface area contributed by atoms with Gasteiger partial charge in [-0.1, -0.05) is 12.2 Å². The SMILES string of the molecule is C/C=C/C(=C\C(=N/CC)OCC)C(F)(F)F. The molecule has 0 aliphatic carbocycles. The molecule has 16 heavy (non-hydrogen) atoms. The van der Waals surface area contributed by atoms with Gasteiger partial charge in [0.05, 0.1) is 12.2 Å². The van der Waals surface area contributed by atoms with Gasteiger partial charge in [-0.05, 0) is 20.8 Å². The molecule has 0 amide bonds. The zero-order valence-electron chi connectivity index (χ0n) is 9.64. The Kier molecular flexibility index (Phi) is 6.53. The molecular formula is C11H16F3NO. The number of alkyl halides is 3. The summed E-state index contributed by atoms with van der Waals surface area (Å²) in [7, 11) is 0. The van der Waals surface area contributed by atoms with E-state index in [-0.39, 0.29) is 12.5 Å². The predicted octanol–water partition coefficient (Wildman–Crippen LogP) is 3.51. The Bertz CT molecular complexity index is 290. The second-order valence-electron chi connectivity index (χ2n) is 2.84. The van der Waals surface area contributed by atoms with Gasteiger partial charge >= 0.3 is 6.18 Å². The van der Waals surface area contributed by atoms with Crippen molar-refractivity contribution in [3.05, 3.63) is 23.8 Å². The van der Waals surface area contributed by atoms with Gasteiger partial charge in [0.1, 0.15) is 0 Å². The molecule has 0 N–H and O–H groups in total. The summed E-state index contributed by atoms with van der Waals surface area (Å²) in [5, 5.41) is 0. The molecule has 2 nitrogen and oxygen atoms in total. The number of nitrogens with zero attached hydrogens (tertiary/aromatic N) is 1. The summed E-state index contributed by atoms with van der Waals surface area (Å²) in [6.07, 6.45) is -1.16. The van der Waals surface area contributed by atoms with E-state index in [0.29, 0.717) is 6.54 Å². The quantitative estimate of drug-likeness (QED) is 0.415. The van der Waals surface area contributed by atoms with Gasteiger partial charge in [-0.2, -0.15) is 13.2 Å². The first-order valence-corrected chi connectivity index (χ1v) is 5.04. The van der Waals surface area contributed by atoms with Crippen LogP contribution in [0.2, 0.25) is 0 Å². The summed E-state index contributed by atoms with van der Waals surface area (Å²) < 4.78 is 42.5. The van der Waals surface area contributed by atoms with Crippen LogP contribution in [0.25, 0.3) is 0 Å². The van der Waals surface area contributed by atoms with Crippen LogP contribution in [-0.2, 0) is 4.74 Å². The first-order chi connectivity index (χ1) is 7.45. The average molecular weight is 235 g/mol. The highest BCUT2D eigenvalue weighted by Gasteiger charge is 2.32. The van der Waals surface area contributed by atoms with Gasteiger partial charge in [-0.15, -0.1) is 0 Å². The third-order valence-electron chi connectivity index (χ3n) is 1.56. The molecule has 0 rings (SSSR count). The van der Waals surface area contributed by atoms with Crippen LogP contribution in [0.4, 0.5) is 13.2 Å². The highest BCUT2D eigenvalue weighted by atomic mass is 19.4. The van der Waals surface area contributed by atoms with Gasteiger partial charge in [0.25, 0.3) is 0 Å². The molecule has 0 aromatic carbocycles. The van der Waals surface area contributed by atoms with Crippen LogP contribution < -0.4 is 0 Å². The Balaban J connectivity index is 5.08. The Morgan fingerprint density at radius 1 is 1.31 bits per heavy atom. The maximum absolute atomic E-state index is 12.5. The fourth-order valence-electron chi connectivity index (χ4n) is 0.974. The Labute approximate surface area is 93.5 Å². The van der Waals surface area contributed by atoms with Gasteiger partial charge in [0, 0.05) is 12.6 Å². The lowest BCUT2D eigenvalue weighted by Gasteiger charge is -2.09. The molecule has 0 aliphatic heterocycles. The number of allylic oxidation sites excluding steroid dienone is 3. The third kappa shape index (κ3) is 5.58. The van der Waals surface area contributed by atoms with Gasteiger partial charge in [0.2, 0.25) is 5.90 Å². The van der Waals surface area contributed by atoms with Crippen LogP contribution in [-0.4, -0.2) is 25.2 Å². The molecule has 5 heteroatoms. The Hall–Kier alpha value is -1.26. The van der Waals surface area contributed by atoms with E-state index in [1.165, 1.54) is 13.0 Å². The molecule has 0 bridgehead atoms. The average Bonchev–Trinajstić information content (AvgIpc) is 2.16. The van der Waals surface area contributed by atoms with Crippen LogP contribution in [0.15, 0.2) is 28.8 Å². The summed E-state index contributed by atoms with van der Waals surface area (Å²) in [5.41, 5.74) is -0.768. The minimum Gasteiger partial charge on any atom is -0.478 e. The lowest BCUT2D eigenvalue weighted by Crippen LogP contribution is -2.13. The summed E-state index contributed by atoms with van der Waals surface area (Å²) in [6.45, 7) is 5.62. The fraction of sp³-hybridized carbons (Fsp3) is 0.545. The van der Waals surface area contributed by atoms with Crippen LogP contribution >= 0.6 is 0 Å². The van der Waals surface area contributed by atoms with Crippen LogP contribution in [0.3, 0.4) is 0 Å². The monoisotopic (exact) mass is 235 g/mol. The highest BCUT2D eigenvalue weighted by molar-refractivity contribution is 5.89. The van der Waals surface area contributed by atoms with Gasteiger partial charge in [0.15, 0.2) is 0 Å². The maximum atomic E-state index is 12.5. The van der Waals surface area contributed by atoms with Gasteiger partial charge in [-0.3, -0.25) is 4.99 Å². The van der Waals surface area contributed by atoms with E-state index in [1.807, 2.05) is 0 Å². The molecule has 0 radical (unpaired) electrons. The zero-order chi connectivity index (χ0) is 12.6. The molecule has 0 heterocycles. The van der Waals surface area contributed by atoms with Crippen LogP contribution in [0.1, 0.15) is 20.8 Å². The molecule has 0 aromatic rings. The number of ether oxygens (including phenoxy) is 1. The number of hydrogen-bond acceptors (Lipinski definition) is 2. The molecule has 0 unspecified atom stereocenters. The minimum absolute atomic E-state index is 0.00965. The number of halogens is 3. The van der Waals surface area contributed by atoms with Crippen molar-refractivity contribution >= 4 is 5.90 Å². The van der Waals surface area contributed by atoms with Crippen molar-refractivity contribution in [2.24, 2.45) is 4.99 Å². The largest absolute Gasteiger partial charge is 0.478 e. The van der Waals surface area contributed by atoms with Gasteiger partial charge in [-0.25, -0.2) is 0 Å². The minimum atomic E-state index is -4.39. The van der Waals surface area contributed by atoms with E-state index in [1.54, 1.807) is 13.8 Å². The van der Waals surface area contributed by atoms with Crippen molar-refractivity contribution in [1.82, 2.24) is 0 Å². The molecule has 0 fully saturated rings. The highest BCUT2D eigenvalue weighted by Crippen LogP contribution is 2.26. The summed E-state index contributed by atoms with van der Waals surface area (Å²) in [6, 6.07) is 0. The normalized spacial score (nSPS) is 14.6. The molecule has 0 spiro atoms. The molecule has 0 aliphatic rings. The van der Waals surface area contributed by atoms with E-state index in [9.17, 15) is 13.2 Å². The summed E-state index contributed by atoms with van der Waals surface area (Å²) in [5.74, 6) is 0.00965. The molecule has 92 valence electrons. The number of hydrogen-bond donors (Lipinski definition) is 0. The van der Waals surface area contributed by atoms with Gasteiger partial charge < -0.3 is 4.74 Å². The van der Waals surface area contributed by atoms with E-state index in [4.69, 9.17) is 4.74 Å². The summed E-state index contributed by atoms with van der Waals surface area (Å²) >= 11 is 0. The van der Waals surface area contributed by atoms with Crippen LogP contribution in [0.5, 0.6) is 0 Å². The third-order valence-corrected chi connectivity index (χ3v) is 1.56. The first-order valence-electron chi connectivity index (χ1n) is 5.04. The van der Waals surface area contributed by atoms with Crippen molar-refractivity contribution in [1.29, 1.82) is 0 Å². The number of rotatable bonds is 4. The topological polar surface area (TPSA) is 21.6 Å². The van der Waals surface area contributed by atoms with Crippen molar-refractivity contribution < 1.29 is 17.9 Å². The zero-order valence-corrected chi connectivity index (χ0v) is 9.64. The second-order valence-corrected chi connectivity index (χ2v) is 2.84. The molecule has 0 aromatic heterocycles. The van der Waals surface area contributed by atoms with Crippen molar-refractivity contribution in [3.8, 4) is 0 Å². The van der Waals surface area contributed by atoms with E-state index in [2.05, 4.69) is 4.99 Å².